The smallest absolute Gasteiger partial charge is 0.246 e. The highest BCUT2D eigenvalue weighted by atomic mass is 16.7. The third kappa shape index (κ3) is 3.74. The fourth-order valence-corrected chi connectivity index (χ4v) is 1.23. The van der Waals surface area contributed by atoms with Gasteiger partial charge < -0.3 is 5.32 Å². The van der Waals surface area contributed by atoms with E-state index in [0.717, 1.165) is 13.0 Å². The van der Waals surface area contributed by atoms with Gasteiger partial charge in [0.2, 0.25) is 5.91 Å². The lowest BCUT2D eigenvalue weighted by Gasteiger charge is -2.11. The van der Waals surface area contributed by atoms with Crippen molar-refractivity contribution >= 4 is 5.91 Å². The van der Waals surface area contributed by atoms with Crippen LogP contribution in [0.25, 0.3) is 0 Å². The third-order valence-electron chi connectivity index (χ3n) is 2.14. The number of amides is 1. The zero-order valence-corrected chi connectivity index (χ0v) is 8.30. The molecule has 1 aliphatic heterocycles. The van der Waals surface area contributed by atoms with E-state index in [0.29, 0.717) is 12.6 Å². The number of hydrogen-bond donors (Lipinski definition) is 2. The van der Waals surface area contributed by atoms with Crippen molar-refractivity contribution in [2.45, 2.75) is 32.7 Å². The molecule has 0 spiro atoms. The molecule has 0 saturated carbocycles. The SMILES string of the molecule is CC(C)C(=O)NOCC1CCCN1. The standard InChI is InChI=1S/C9H18N2O2/c1-7(2)9(12)11-13-6-8-4-3-5-10-8/h7-8,10H,3-6H2,1-2H3,(H,11,12). The van der Waals surface area contributed by atoms with Gasteiger partial charge in [-0.1, -0.05) is 13.8 Å². The molecule has 0 aromatic carbocycles. The maximum atomic E-state index is 11.1. The molecule has 2 N–H and O–H groups in total. The minimum Gasteiger partial charge on any atom is -0.312 e. The van der Waals surface area contributed by atoms with Crippen LogP contribution < -0.4 is 10.8 Å². The molecule has 1 atom stereocenters. The molecule has 0 aliphatic carbocycles. The Balaban J connectivity index is 2.03. The summed E-state index contributed by atoms with van der Waals surface area (Å²) >= 11 is 0. The van der Waals surface area contributed by atoms with Crippen LogP contribution in [0.1, 0.15) is 26.7 Å². The van der Waals surface area contributed by atoms with Gasteiger partial charge in [-0.2, -0.15) is 0 Å². The van der Waals surface area contributed by atoms with Gasteiger partial charge in [-0.15, -0.1) is 0 Å². The summed E-state index contributed by atoms with van der Waals surface area (Å²) in [7, 11) is 0. The van der Waals surface area contributed by atoms with E-state index in [4.69, 9.17) is 4.84 Å². The van der Waals surface area contributed by atoms with Gasteiger partial charge in [0.1, 0.15) is 0 Å². The first kappa shape index (κ1) is 10.5. The number of carbonyl (C=O) groups excluding carboxylic acids is 1. The molecule has 1 aliphatic rings. The summed E-state index contributed by atoms with van der Waals surface area (Å²) in [5.74, 6) is -0.0745. The van der Waals surface area contributed by atoms with E-state index in [9.17, 15) is 4.79 Å². The lowest BCUT2D eigenvalue weighted by Crippen LogP contribution is -2.34. The van der Waals surface area contributed by atoms with Crippen LogP contribution in [-0.4, -0.2) is 25.1 Å². The molecule has 0 aromatic rings. The molecule has 1 fully saturated rings. The fourth-order valence-electron chi connectivity index (χ4n) is 1.23. The molecule has 1 rings (SSSR count). The highest BCUT2D eigenvalue weighted by molar-refractivity contribution is 5.76. The molecule has 1 saturated heterocycles. The van der Waals surface area contributed by atoms with Crippen LogP contribution in [0.4, 0.5) is 0 Å². The second-order valence-corrected chi connectivity index (χ2v) is 3.73. The van der Waals surface area contributed by atoms with Crippen molar-refractivity contribution in [1.29, 1.82) is 0 Å². The average molecular weight is 186 g/mol. The maximum Gasteiger partial charge on any atom is 0.246 e. The molecule has 13 heavy (non-hydrogen) atoms. The van der Waals surface area contributed by atoms with Crippen LogP contribution in [0.5, 0.6) is 0 Å². The van der Waals surface area contributed by atoms with Gasteiger partial charge in [-0.3, -0.25) is 9.63 Å². The van der Waals surface area contributed by atoms with Gasteiger partial charge in [-0.25, -0.2) is 5.48 Å². The van der Waals surface area contributed by atoms with Gasteiger partial charge in [0.15, 0.2) is 0 Å². The van der Waals surface area contributed by atoms with Crippen molar-refractivity contribution in [3.63, 3.8) is 0 Å². The summed E-state index contributed by atoms with van der Waals surface area (Å²) in [4.78, 5) is 16.1. The van der Waals surface area contributed by atoms with E-state index in [-0.39, 0.29) is 11.8 Å². The molecule has 0 radical (unpaired) electrons. The van der Waals surface area contributed by atoms with Crippen LogP contribution in [0.15, 0.2) is 0 Å². The lowest BCUT2D eigenvalue weighted by molar-refractivity contribution is -0.137. The number of nitrogens with one attached hydrogen (secondary N) is 2. The maximum absolute atomic E-state index is 11.1. The predicted molar refractivity (Wildman–Crippen MR) is 50.0 cm³/mol. The minimum absolute atomic E-state index is 0.0171. The Morgan fingerprint density at radius 3 is 3.00 bits per heavy atom. The normalized spacial score (nSPS) is 22.2. The van der Waals surface area contributed by atoms with Gasteiger partial charge >= 0.3 is 0 Å². The lowest BCUT2D eigenvalue weighted by atomic mass is 10.2. The zero-order valence-electron chi connectivity index (χ0n) is 8.30. The Bertz CT molecular complexity index is 165. The van der Waals surface area contributed by atoms with Gasteiger partial charge in [-0.05, 0) is 19.4 Å². The van der Waals surface area contributed by atoms with Crippen LogP contribution in [0.3, 0.4) is 0 Å². The Labute approximate surface area is 79.0 Å². The predicted octanol–water partition coefficient (Wildman–Crippen LogP) is 0.442. The summed E-state index contributed by atoms with van der Waals surface area (Å²) in [6.07, 6.45) is 2.34. The van der Waals surface area contributed by atoms with E-state index in [1.807, 2.05) is 13.8 Å². The summed E-state index contributed by atoms with van der Waals surface area (Å²) in [6, 6.07) is 0.410. The number of rotatable bonds is 4. The molecule has 0 aromatic heterocycles. The Morgan fingerprint density at radius 2 is 2.46 bits per heavy atom. The second-order valence-electron chi connectivity index (χ2n) is 3.73. The molecule has 0 bridgehead atoms. The summed E-state index contributed by atoms with van der Waals surface area (Å²) in [5, 5.41) is 3.28. The van der Waals surface area contributed by atoms with E-state index in [2.05, 4.69) is 10.8 Å². The molecule has 1 heterocycles. The van der Waals surface area contributed by atoms with Crippen molar-refractivity contribution in [3.05, 3.63) is 0 Å². The summed E-state index contributed by atoms with van der Waals surface area (Å²) < 4.78 is 0. The van der Waals surface area contributed by atoms with E-state index < -0.39 is 0 Å². The first-order chi connectivity index (χ1) is 6.20. The van der Waals surface area contributed by atoms with Gasteiger partial charge in [0.25, 0.3) is 0 Å². The van der Waals surface area contributed by atoms with E-state index >= 15 is 0 Å². The van der Waals surface area contributed by atoms with Crippen LogP contribution >= 0.6 is 0 Å². The van der Waals surface area contributed by atoms with Crippen molar-refractivity contribution in [3.8, 4) is 0 Å². The summed E-state index contributed by atoms with van der Waals surface area (Å²) in [5.41, 5.74) is 2.43. The molecule has 4 heteroatoms. The molecule has 1 unspecified atom stereocenters. The second kappa shape index (κ2) is 5.19. The topological polar surface area (TPSA) is 50.4 Å². The molecular formula is C9H18N2O2. The minimum atomic E-state index is -0.0574. The molecular weight excluding hydrogens is 168 g/mol. The highest BCUT2D eigenvalue weighted by Crippen LogP contribution is 2.04. The Hall–Kier alpha value is -0.610. The quantitative estimate of drug-likeness (QED) is 0.626. The van der Waals surface area contributed by atoms with Crippen molar-refractivity contribution < 1.29 is 9.63 Å². The number of hydroxylamine groups is 1. The van der Waals surface area contributed by atoms with Crippen LogP contribution in [0, 0.1) is 5.92 Å². The Kier molecular flexibility index (Phi) is 4.18. The largest absolute Gasteiger partial charge is 0.312 e. The van der Waals surface area contributed by atoms with Crippen LogP contribution in [0.2, 0.25) is 0 Å². The van der Waals surface area contributed by atoms with Crippen molar-refractivity contribution in [2.75, 3.05) is 13.2 Å². The Morgan fingerprint density at radius 1 is 1.69 bits per heavy atom. The highest BCUT2D eigenvalue weighted by Gasteiger charge is 2.14. The molecule has 76 valence electrons. The number of carbonyl (C=O) groups is 1. The van der Waals surface area contributed by atoms with Gasteiger partial charge in [0.05, 0.1) is 6.61 Å². The third-order valence-corrected chi connectivity index (χ3v) is 2.14. The van der Waals surface area contributed by atoms with Crippen molar-refractivity contribution in [1.82, 2.24) is 10.8 Å². The zero-order chi connectivity index (χ0) is 9.68. The van der Waals surface area contributed by atoms with E-state index in [1.165, 1.54) is 6.42 Å². The van der Waals surface area contributed by atoms with Crippen molar-refractivity contribution in [2.24, 2.45) is 5.92 Å². The first-order valence-electron chi connectivity index (χ1n) is 4.85. The average Bonchev–Trinajstić information content (AvgIpc) is 2.56. The van der Waals surface area contributed by atoms with Gasteiger partial charge in [0, 0.05) is 12.0 Å². The van der Waals surface area contributed by atoms with Crippen LogP contribution in [-0.2, 0) is 9.63 Å². The van der Waals surface area contributed by atoms with E-state index in [1.54, 1.807) is 0 Å². The first-order valence-corrected chi connectivity index (χ1v) is 4.85. The summed E-state index contributed by atoms with van der Waals surface area (Å²) in [6.45, 7) is 5.31. The molecule has 1 amide bonds. The monoisotopic (exact) mass is 186 g/mol. The fraction of sp³-hybridized carbons (Fsp3) is 0.889. The number of hydrogen-bond acceptors (Lipinski definition) is 3. The molecule has 4 nitrogen and oxygen atoms in total.